The lowest BCUT2D eigenvalue weighted by molar-refractivity contribution is 1.10. The zero-order valence-corrected chi connectivity index (χ0v) is 12.6. The van der Waals surface area contributed by atoms with Crippen LogP contribution in [0.5, 0.6) is 0 Å². The van der Waals surface area contributed by atoms with E-state index in [1.54, 1.807) is 12.4 Å². The van der Waals surface area contributed by atoms with Crippen molar-refractivity contribution in [2.75, 3.05) is 0 Å². The molecule has 5 rings (SSSR count). The fraction of sp³-hybridized carbons (Fsp3) is 0. The Kier molecular flexibility index (Phi) is 2.69. The molecular weight excluding hydrogens is 300 g/mol. The van der Waals surface area contributed by atoms with Crippen molar-refractivity contribution in [1.29, 1.82) is 0 Å². The van der Waals surface area contributed by atoms with Crippen LogP contribution in [0.25, 0.3) is 44.6 Å². The van der Waals surface area contributed by atoms with Crippen LogP contribution in [0, 0.1) is 0 Å². The number of hydrogen-bond acceptors (Lipinski definition) is 4. The van der Waals surface area contributed by atoms with Gasteiger partial charge in [-0.2, -0.15) is 5.10 Å². The molecule has 0 radical (unpaired) electrons. The average Bonchev–Trinajstić information content (AvgIpc) is 3.25. The minimum absolute atomic E-state index is 0.684. The Bertz CT molecular complexity index is 1120. The first-order chi connectivity index (χ1) is 11.9. The third-order valence-corrected chi connectivity index (χ3v) is 4.07. The molecule has 114 valence electrons. The van der Waals surface area contributed by atoms with E-state index in [-0.39, 0.29) is 0 Å². The largest absolute Gasteiger partial charge is 0.338 e. The van der Waals surface area contributed by atoms with E-state index in [0.717, 1.165) is 38.9 Å². The Hall–Kier alpha value is -3.54. The van der Waals surface area contributed by atoms with E-state index in [1.165, 1.54) is 0 Å². The summed E-state index contributed by atoms with van der Waals surface area (Å²) in [5.41, 5.74) is 5.42. The van der Waals surface area contributed by atoms with Crippen molar-refractivity contribution in [3.05, 3.63) is 61.2 Å². The number of aromatic nitrogens is 6. The van der Waals surface area contributed by atoms with Gasteiger partial charge in [-0.3, -0.25) is 10.1 Å². The number of fused-ring (bicyclic) bond motifs is 2. The normalized spacial score (nSPS) is 11.3. The van der Waals surface area contributed by atoms with E-state index < -0.39 is 0 Å². The molecule has 0 unspecified atom stereocenters. The summed E-state index contributed by atoms with van der Waals surface area (Å²) in [4.78, 5) is 16.3. The van der Waals surface area contributed by atoms with Gasteiger partial charge in [0, 0.05) is 46.7 Å². The Balaban J connectivity index is 1.71. The SMILES string of the molecule is c1cncc(-c2cnc3n[nH]c(-c4cc5cccnc5[nH]4)c3c2)c1. The van der Waals surface area contributed by atoms with Crippen LogP contribution in [-0.4, -0.2) is 30.1 Å². The molecule has 0 atom stereocenters. The maximum Gasteiger partial charge on any atom is 0.181 e. The van der Waals surface area contributed by atoms with Gasteiger partial charge in [0.15, 0.2) is 5.65 Å². The molecule has 0 spiro atoms. The van der Waals surface area contributed by atoms with Gasteiger partial charge in [0.05, 0.1) is 11.4 Å². The molecule has 0 aromatic carbocycles. The van der Waals surface area contributed by atoms with Crippen LogP contribution < -0.4 is 0 Å². The van der Waals surface area contributed by atoms with Gasteiger partial charge >= 0.3 is 0 Å². The second kappa shape index (κ2) is 4.99. The van der Waals surface area contributed by atoms with Crippen molar-refractivity contribution < 1.29 is 0 Å². The molecule has 5 aromatic rings. The minimum Gasteiger partial charge on any atom is -0.338 e. The van der Waals surface area contributed by atoms with E-state index in [0.29, 0.717) is 5.65 Å². The third kappa shape index (κ3) is 1.97. The predicted octanol–water partition coefficient (Wildman–Crippen LogP) is 3.56. The highest BCUT2D eigenvalue weighted by molar-refractivity contribution is 5.95. The van der Waals surface area contributed by atoms with Gasteiger partial charge in [-0.1, -0.05) is 6.07 Å². The van der Waals surface area contributed by atoms with Crippen LogP contribution in [0.3, 0.4) is 0 Å². The highest BCUT2D eigenvalue weighted by atomic mass is 15.2. The number of nitrogens with zero attached hydrogens (tertiary/aromatic N) is 4. The Morgan fingerprint density at radius 2 is 1.83 bits per heavy atom. The summed E-state index contributed by atoms with van der Waals surface area (Å²) in [7, 11) is 0. The molecule has 0 aliphatic rings. The average molecular weight is 312 g/mol. The lowest BCUT2D eigenvalue weighted by Gasteiger charge is -2.01. The summed E-state index contributed by atoms with van der Waals surface area (Å²) in [6.45, 7) is 0. The van der Waals surface area contributed by atoms with Crippen molar-refractivity contribution in [3.8, 4) is 22.5 Å². The summed E-state index contributed by atoms with van der Waals surface area (Å²) in [6.07, 6.45) is 7.18. The first-order valence-electron chi connectivity index (χ1n) is 7.57. The molecule has 0 aliphatic heterocycles. The summed E-state index contributed by atoms with van der Waals surface area (Å²) < 4.78 is 0. The third-order valence-electron chi connectivity index (χ3n) is 4.07. The zero-order valence-electron chi connectivity index (χ0n) is 12.6. The molecule has 0 saturated carbocycles. The second-order valence-corrected chi connectivity index (χ2v) is 5.56. The number of H-pyrrole nitrogens is 2. The molecule has 5 aromatic heterocycles. The first-order valence-corrected chi connectivity index (χ1v) is 7.57. The summed E-state index contributed by atoms with van der Waals surface area (Å²) in [5.74, 6) is 0. The number of pyridine rings is 3. The van der Waals surface area contributed by atoms with Crippen molar-refractivity contribution in [2.24, 2.45) is 0 Å². The monoisotopic (exact) mass is 312 g/mol. The molecule has 5 heterocycles. The van der Waals surface area contributed by atoms with Crippen molar-refractivity contribution >= 4 is 22.1 Å². The number of hydrogen-bond donors (Lipinski definition) is 2. The minimum atomic E-state index is 0.684. The molecule has 6 heteroatoms. The Labute approximate surface area is 136 Å². The molecule has 0 bridgehead atoms. The number of aromatic amines is 2. The highest BCUT2D eigenvalue weighted by Crippen LogP contribution is 2.29. The van der Waals surface area contributed by atoms with E-state index in [1.807, 2.05) is 36.7 Å². The molecule has 0 saturated heterocycles. The second-order valence-electron chi connectivity index (χ2n) is 5.56. The molecular formula is C18H12N6. The quantitative estimate of drug-likeness (QED) is 0.522. The lowest BCUT2D eigenvalue weighted by Crippen LogP contribution is -1.83. The number of nitrogens with one attached hydrogen (secondary N) is 2. The molecule has 0 aliphatic carbocycles. The van der Waals surface area contributed by atoms with Gasteiger partial charge in [-0.25, -0.2) is 9.97 Å². The molecule has 24 heavy (non-hydrogen) atoms. The molecule has 6 nitrogen and oxygen atoms in total. The molecule has 2 N–H and O–H groups in total. The summed E-state index contributed by atoms with van der Waals surface area (Å²) >= 11 is 0. The number of rotatable bonds is 2. The van der Waals surface area contributed by atoms with Crippen LogP contribution in [-0.2, 0) is 0 Å². The van der Waals surface area contributed by atoms with Crippen molar-refractivity contribution in [2.45, 2.75) is 0 Å². The maximum absolute atomic E-state index is 4.46. The lowest BCUT2D eigenvalue weighted by atomic mass is 10.1. The van der Waals surface area contributed by atoms with Gasteiger partial charge in [0.2, 0.25) is 0 Å². The molecule has 0 fully saturated rings. The van der Waals surface area contributed by atoms with Gasteiger partial charge in [0.25, 0.3) is 0 Å². The van der Waals surface area contributed by atoms with Gasteiger partial charge in [-0.15, -0.1) is 0 Å². The van der Waals surface area contributed by atoms with E-state index >= 15 is 0 Å². The van der Waals surface area contributed by atoms with E-state index in [9.17, 15) is 0 Å². The van der Waals surface area contributed by atoms with Crippen LogP contribution in [0.1, 0.15) is 0 Å². The van der Waals surface area contributed by atoms with Gasteiger partial charge < -0.3 is 4.98 Å². The fourth-order valence-corrected chi connectivity index (χ4v) is 2.89. The smallest absolute Gasteiger partial charge is 0.181 e. The van der Waals surface area contributed by atoms with Crippen molar-refractivity contribution in [3.63, 3.8) is 0 Å². The van der Waals surface area contributed by atoms with Crippen LogP contribution >= 0.6 is 0 Å². The Morgan fingerprint density at radius 1 is 0.875 bits per heavy atom. The van der Waals surface area contributed by atoms with Crippen LogP contribution in [0.2, 0.25) is 0 Å². The summed E-state index contributed by atoms with van der Waals surface area (Å²) in [6, 6.07) is 12.0. The van der Waals surface area contributed by atoms with Crippen LogP contribution in [0.4, 0.5) is 0 Å². The fourth-order valence-electron chi connectivity index (χ4n) is 2.89. The van der Waals surface area contributed by atoms with E-state index in [4.69, 9.17) is 0 Å². The van der Waals surface area contributed by atoms with E-state index in [2.05, 4.69) is 42.3 Å². The standard InChI is InChI=1S/C18H12N6/c1-4-12(9-19-5-1)13-7-14-16(23-24-18(14)21-10-13)15-8-11-3-2-6-20-17(11)22-15/h1-10H,(H,20,22)(H,21,23,24). The highest BCUT2D eigenvalue weighted by Gasteiger charge is 2.12. The van der Waals surface area contributed by atoms with Crippen molar-refractivity contribution in [1.82, 2.24) is 30.1 Å². The summed E-state index contributed by atoms with van der Waals surface area (Å²) in [5, 5.41) is 9.41. The van der Waals surface area contributed by atoms with Gasteiger partial charge in [0.1, 0.15) is 5.65 Å². The predicted molar refractivity (Wildman–Crippen MR) is 92.2 cm³/mol. The Morgan fingerprint density at radius 3 is 2.71 bits per heavy atom. The first kappa shape index (κ1) is 13.0. The zero-order chi connectivity index (χ0) is 15.9. The topological polar surface area (TPSA) is 83.1 Å². The van der Waals surface area contributed by atoms with Crippen LogP contribution in [0.15, 0.2) is 61.2 Å². The molecule has 0 amide bonds. The maximum atomic E-state index is 4.46. The van der Waals surface area contributed by atoms with Gasteiger partial charge in [-0.05, 0) is 30.3 Å².